The molecular formula is C31H30N6O9S2. The van der Waals surface area contributed by atoms with Gasteiger partial charge in [-0.2, -0.15) is 5.21 Å². The van der Waals surface area contributed by atoms with E-state index in [1.807, 2.05) is 6.07 Å². The van der Waals surface area contributed by atoms with E-state index in [-0.39, 0.29) is 39.3 Å². The van der Waals surface area contributed by atoms with Gasteiger partial charge in [0.15, 0.2) is 5.82 Å². The Balaban J connectivity index is 1.66. The average Bonchev–Trinajstić information content (AvgIpc) is 3.62. The van der Waals surface area contributed by atoms with Crippen molar-refractivity contribution >= 4 is 37.4 Å². The van der Waals surface area contributed by atoms with Crippen LogP contribution in [0.3, 0.4) is 0 Å². The van der Waals surface area contributed by atoms with Gasteiger partial charge in [0.25, 0.3) is 20.0 Å². The Kier molecular flexibility index (Phi) is 10.1. The molecule has 1 heterocycles. The molecule has 0 aliphatic heterocycles. The average molecular weight is 695 g/mol. The van der Waals surface area contributed by atoms with Crippen molar-refractivity contribution in [2.75, 3.05) is 29.4 Å². The van der Waals surface area contributed by atoms with Crippen LogP contribution in [0, 0.1) is 0 Å². The van der Waals surface area contributed by atoms with Gasteiger partial charge in [0, 0.05) is 6.07 Å². The number of ether oxygens (including phenoxy) is 3. The molecule has 0 amide bonds. The Hall–Kier alpha value is -5.68. The first kappa shape index (κ1) is 33.7. The first-order chi connectivity index (χ1) is 23.0. The zero-order valence-electron chi connectivity index (χ0n) is 25.6. The number of H-pyrrole nitrogens is 1. The highest BCUT2D eigenvalue weighted by Crippen LogP contribution is 2.39. The third-order valence-corrected chi connectivity index (χ3v) is 10.5. The summed E-state index contributed by atoms with van der Waals surface area (Å²) in [4.78, 5) is 11.7. The van der Waals surface area contributed by atoms with Gasteiger partial charge in [-0.15, -0.1) is 10.2 Å². The number of aliphatic carboxylic acids is 1. The van der Waals surface area contributed by atoms with Crippen LogP contribution in [0.25, 0.3) is 0 Å². The van der Waals surface area contributed by atoms with Gasteiger partial charge < -0.3 is 19.3 Å². The summed E-state index contributed by atoms with van der Waals surface area (Å²) >= 11 is 0. The van der Waals surface area contributed by atoms with E-state index in [1.54, 1.807) is 24.3 Å². The Morgan fingerprint density at radius 3 is 1.90 bits per heavy atom. The smallest absolute Gasteiger partial charge is 0.324 e. The van der Waals surface area contributed by atoms with Crippen LogP contribution in [0.5, 0.6) is 17.2 Å². The van der Waals surface area contributed by atoms with Crippen LogP contribution in [0.4, 0.5) is 11.4 Å². The van der Waals surface area contributed by atoms with Gasteiger partial charge in [0.05, 0.1) is 41.9 Å². The number of anilines is 2. The van der Waals surface area contributed by atoms with Crippen LogP contribution >= 0.6 is 0 Å². The summed E-state index contributed by atoms with van der Waals surface area (Å²) in [5.74, 6) is -0.633. The van der Waals surface area contributed by atoms with Crippen molar-refractivity contribution in [3.63, 3.8) is 0 Å². The number of hydrogen-bond acceptors (Lipinski definition) is 11. The molecule has 5 rings (SSSR count). The van der Waals surface area contributed by atoms with Crippen molar-refractivity contribution in [1.29, 1.82) is 0 Å². The Bertz CT molecular complexity index is 2060. The molecule has 0 fully saturated rings. The molecule has 0 spiro atoms. The zero-order chi connectivity index (χ0) is 34.3. The molecule has 1 aromatic heterocycles. The van der Waals surface area contributed by atoms with Crippen LogP contribution in [-0.4, -0.2) is 69.3 Å². The number of tetrazole rings is 1. The minimum atomic E-state index is -4.44. The maximum atomic E-state index is 14.2. The van der Waals surface area contributed by atoms with Crippen molar-refractivity contribution < 1.29 is 40.9 Å². The van der Waals surface area contributed by atoms with E-state index in [4.69, 9.17) is 14.2 Å². The summed E-state index contributed by atoms with van der Waals surface area (Å²) in [6, 6.07) is 24.0. The number of methoxy groups -OCH3 is 2. The molecule has 15 nitrogen and oxygen atoms in total. The largest absolute Gasteiger partial charge is 0.497 e. The van der Waals surface area contributed by atoms with Crippen molar-refractivity contribution in [3.05, 3.63) is 108 Å². The highest BCUT2D eigenvalue weighted by Gasteiger charge is 2.32. The SMILES string of the molecule is COc1ccc(S(=O)(=O)N(CC(=O)O)c2ccc(N(Cc3nn[nH]n3)S(=O)(=O)c3ccc(OC)cc3)c(OCc3ccccc3)c2)cc1. The first-order valence-corrected chi connectivity index (χ1v) is 17.0. The number of benzene rings is 4. The summed E-state index contributed by atoms with van der Waals surface area (Å²) in [6.07, 6.45) is 0. The van der Waals surface area contributed by atoms with Crippen molar-refractivity contribution in [2.24, 2.45) is 0 Å². The fraction of sp³-hybridized carbons (Fsp3) is 0.161. The van der Waals surface area contributed by atoms with E-state index in [9.17, 15) is 26.7 Å². The predicted octanol–water partition coefficient (Wildman–Crippen LogP) is 3.47. The third kappa shape index (κ3) is 7.48. The summed E-state index contributed by atoms with van der Waals surface area (Å²) in [6.45, 7) is -1.38. The Morgan fingerprint density at radius 2 is 1.38 bits per heavy atom. The molecule has 0 radical (unpaired) electrons. The van der Waals surface area contributed by atoms with Crippen LogP contribution in [-0.2, 0) is 38.0 Å². The molecular weight excluding hydrogens is 665 g/mol. The summed E-state index contributed by atoms with van der Waals surface area (Å²) < 4.78 is 74.2. The molecule has 0 saturated heterocycles. The number of sulfonamides is 2. The van der Waals surface area contributed by atoms with E-state index in [2.05, 4.69) is 20.6 Å². The standard InChI is InChI=1S/C31H30N6O9S2/c1-44-24-9-13-26(14-10-24)47(40,41)36(20-31(38)39)23-8-17-28(29(18-23)46-21-22-6-4-3-5-7-22)37(19-30-32-34-35-33-30)48(42,43)27-15-11-25(45-2)12-16-27/h3-18H,19-21H2,1-2H3,(H,38,39)(H,32,33,34,35). The van der Waals surface area contributed by atoms with Gasteiger partial charge in [-0.3, -0.25) is 13.4 Å². The van der Waals surface area contributed by atoms with Gasteiger partial charge >= 0.3 is 5.97 Å². The molecule has 0 bridgehead atoms. The van der Waals surface area contributed by atoms with Crippen LogP contribution < -0.4 is 22.8 Å². The lowest BCUT2D eigenvalue weighted by Gasteiger charge is -2.28. The lowest BCUT2D eigenvalue weighted by atomic mass is 10.2. The predicted molar refractivity (Wildman–Crippen MR) is 173 cm³/mol. The number of carboxylic acid groups (broad SMARTS) is 1. The minimum Gasteiger partial charge on any atom is -0.497 e. The van der Waals surface area contributed by atoms with E-state index in [0.717, 1.165) is 9.87 Å². The van der Waals surface area contributed by atoms with Gasteiger partial charge in [0.1, 0.15) is 30.4 Å². The molecule has 17 heteroatoms. The van der Waals surface area contributed by atoms with E-state index in [1.165, 1.54) is 80.9 Å². The number of carbonyl (C=O) groups is 1. The Morgan fingerprint density at radius 1 is 0.792 bits per heavy atom. The molecule has 0 aliphatic rings. The second-order valence-electron chi connectivity index (χ2n) is 10.0. The number of hydrogen-bond donors (Lipinski definition) is 2. The van der Waals surface area contributed by atoms with Gasteiger partial charge in [-0.05, 0) is 66.2 Å². The molecule has 2 N–H and O–H groups in total. The molecule has 0 saturated carbocycles. The molecule has 250 valence electrons. The minimum absolute atomic E-state index is 0.00702. The van der Waals surface area contributed by atoms with Crippen LogP contribution in [0.1, 0.15) is 11.4 Å². The fourth-order valence-corrected chi connectivity index (χ4v) is 7.42. The summed E-state index contributed by atoms with van der Waals surface area (Å²) in [5.41, 5.74) is 0.624. The maximum absolute atomic E-state index is 14.2. The van der Waals surface area contributed by atoms with E-state index in [0.29, 0.717) is 15.8 Å². The van der Waals surface area contributed by atoms with Crippen LogP contribution in [0.2, 0.25) is 0 Å². The Labute approximate surface area is 276 Å². The third-order valence-electron chi connectivity index (χ3n) is 6.99. The maximum Gasteiger partial charge on any atom is 0.324 e. The van der Waals surface area contributed by atoms with Crippen molar-refractivity contribution in [2.45, 2.75) is 22.9 Å². The quantitative estimate of drug-likeness (QED) is 0.162. The summed E-state index contributed by atoms with van der Waals surface area (Å²) in [5, 5.41) is 23.4. The highest BCUT2D eigenvalue weighted by atomic mass is 32.2. The van der Waals surface area contributed by atoms with Crippen LogP contribution in [0.15, 0.2) is 107 Å². The topological polar surface area (TPSA) is 194 Å². The molecule has 0 unspecified atom stereocenters. The second kappa shape index (κ2) is 14.4. The second-order valence-corrected chi connectivity index (χ2v) is 13.7. The highest BCUT2D eigenvalue weighted by molar-refractivity contribution is 7.93. The first-order valence-electron chi connectivity index (χ1n) is 14.1. The van der Waals surface area contributed by atoms with Crippen molar-refractivity contribution in [3.8, 4) is 17.2 Å². The molecule has 0 aliphatic carbocycles. The molecule has 4 aromatic carbocycles. The van der Waals surface area contributed by atoms with Crippen molar-refractivity contribution in [1.82, 2.24) is 20.6 Å². The van der Waals surface area contributed by atoms with Gasteiger partial charge in [-0.1, -0.05) is 35.5 Å². The van der Waals surface area contributed by atoms with Gasteiger partial charge in [0.2, 0.25) is 0 Å². The monoisotopic (exact) mass is 694 g/mol. The number of nitrogens with one attached hydrogen (secondary N) is 1. The normalized spacial score (nSPS) is 11.5. The zero-order valence-corrected chi connectivity index (χ0v) is 27.3. The fourth-order valence-electron chi connectivity index (χ4n) is 4.58. The summed E-state index contributed by atoms with van der Waals surface area (Å²) in [7, 11) is -5.92. The number of aromatic nitrogens is 4. The lowest BCUT2D eigenvalue weighted by Crippen LogP contribution is -2.36. The lowest BCUT2D eigenvalue weighted by molar-refractivity contribution is -0.135. The number of carboxylic acids is 1. The van der Waals surface area contributed by atoms with Gasteiger partial charge in [-0.25, -0.2) is 16.8 Å². The number of rotatable bonds is 15. The molecule has 48 heavy (non-hydrogen) atoms. The van der Waals surface area contributed by atoms with E-state index >= 15 is 0 Å². The molecule has 5 aromatic rings. The van der Waals surface area contributed by atoms with E-state index < -0.39 is 39.1 Å². The molecule has 0 atom stereocenters. The number of nitrogens with zero attached hydrogens (tertiary/aromatic N) is 5. The number of aromatic amines is 1.